The Morgan fingerprint density at radius 2 is 1.83 bits per heavy atom. The number of rotatable bonds is 2. The Morgan fingerprint density at radius 3 is 2.39 bits per heavy atom. The first-order valence-electron chi connectivity index (χ1n) is 4.92. The second-order valence-corrected chi connectivity index (χ2v) is 4.68. The molecule has 0 amide bonds. The van der Waals surface area contributed by atoms with E-state index in [1.54, 1.807) is 18.2 Å². The Labute approximate surface area is 115 Å². The van der Waals surface area contributed by atoms with Crippen LogP contribution in [0.25, 0.3) is 0 Å². The number of benzene rings is 1. The molecule has 18 heavy (non-hydrogen) atoms. The molecular weight excluding hydrogens is 358 g/mol. The van der Waals surface area contributed by atoms with Crippen LogP contribution in [-0.4, -0.2) is 4.98 Å². The topological polar surface area (TPSA) is 22.1 Å². The van der Waals surface area contributed by atoms with Gasteiger partial charge in [0.2, 0.25) is 0 Å². The minimum Gasteiger partial charge on any atom is -0.456 e. The SMILES string of the molecule is FC(F)(F)c1ccc(Oc2cccc(I)c2)cn1. The van der Waals surface area contributed by atoms with E-state index in [-0.39, 0.29) is 5.75 Å². The fraction of sp³-hybridized carbons (Fsp3) is 0.0833. The number of nitrogens with zero attached hydrogens (tertiary/aromatic N) is 1. The molecule has 0 spiro atoms. The smallest absolute Gasteiger partial charge is 0.433 e. The lowest BCUT2D eigenvalue weighted by Crippen LogP contribution is -2.07. The van der Waals surface area contributed by atoms with E-state index >= 15 is 0 Å². The molecule has 2 nitrogen and oxygen atoms in total. The van der Waals surface area contributed by atoms with Crippen molar-refractivity contribution in [1.29, 1.82) is 0 Å². The second-order valence-electron chi connectivity index (χ2n) is 3.44. The van der Waals surface area contributed by atoms with E-state index in [1.165, 1.54) is 6.07 Å². The summed E-state index contributed by atoms with van der Waals surface area (Å²) in [7, 11) is 0. The van der Waals surface area contributed by atoms with Crippen molar-refractivity contribution in [3.05, 3.63) is 51.9 Å². The van der Waals surface area contributed by atoms with E-state index in [1.807, 2.05) is 6.07 Å². The zero-order chi connectivity index (χ0) is 13.2. The number of aromatic nitrogens is 1. The van der Waals surface area contributed by atoms with Gasteiger partial charge in [-0.1, -0.05) is 6.07 Å². The molecule has 1 aromatic carbocycles. The molecule has 0 bridgehead atoms. The van der Waals surface area contributed by atoms with Crippen LogP contribution in [0.2, 0.25) is 0 Å². The van der Waals surface area contributed by atoms with Crippen LogP contribution in [0.15, 0.2) is 42.6 Å². The van der Waals surface area contributed by atoms with Crippen LogP contribution in [-0.2, 0) is 6.18 Å². The quantitative estimate of drug-likeness (QED) is 0.732. The number of pyridine rings is 1. The minimum absolute atomic E-state index is 0.269. The van der Waals surface area contributed by atoms with Gasteiger partial charge in [0, 0.05) is 3.57 Å². The lowest BCUT2D eigenvalue weighted by molar-refractivity contribution is -0.141. The van der Waals surface area contributed by atoms with Crippen molar-refractivity contribution in [2.45, 2.75) is 6.18 Å². The molecule has 0 unspecified atom stereocenters. The summed E-state index contributed by atoms with van der Waals surface area (Å²) in [4.78, 5) is 3.32. The van der Waals surface area contributed by atoms with E-state index in [4.69, 9.17) is 4.74 Å². The van der Waals surface area contributed by atoms with Crippen molar-refractivity contribution in [2.24, 2.45) is 0 Å². The van der Waals surface area contributed by atoms with Gasteiger partial charge in [-0.25, -0.2) is 4.98 Å². The van der Waals surface area contributed by atoms with Gasteiger partial charge < -0.3 is 4.74 Å². The van der Waals surface area contributed by atoms with Crippen LogP contribution >= 0.6 is 22.6 Å². The van der Waals surface area contributed by atoms with E-state index in [2.05, 4.69) is 27.6 Å². The summed E-state index contributed by atoms with van der Waals surface area (Å²) in [5, 5.41) is 0. The summed E-state index contributed by atoms with van der Waals surface area (Å²) in [6.07, 6.45) is -3.37. The molecule has 1 heterocycles. The fourth-order valence-corrected chi connectivity index (χ4v) is 1.79. The minimum atomic E-state index is -4.43. The zero-order valence-electron chi connectivity index (χ0n) is 8.91. The van der Waals surface area contributed by atoms with E-state index in [0.717, 1.165) is 15.8 Å². The first-order valence-corrected chi connectivity index (χ1v) is 6.00. The average molecular weight is 365 g/mol. The maximum absolute atomic E-state index is 12.3. The maximum atomic E-state index is 12.3. The van der Waals surface area contributed by atoms with Crippen molar-refractivity contribution in [2.75, 3.05) is 0 Å². The molecule has 0 aliphatic carbocycles. The third-order valence-corrected chi connectivity index (χ3v) is 2.73. The first-order chi connectivity index (χ1) is 8.45. The molecular formula is C12H7F3INO. The summed E-state index contributed by atoms with van der Waals surface area (Å²) in [5.74, 6) is 0.827. The van der Waals surface area contributed by atoms with Crippen molar-refractivity contribution in [1.82, 2.24) is 4.98 Å². The summed E-state index contributed by atoms with van der Waals surface area (Å²) < 4.78 is 43.3. The van der Waals surface area contributed by atoms with Crippen LogP contribution in [0, 0.1) is 3.57 Å². The predicted molar refractivity (Wildman–Crippen MR) is 68.5 cm³/mol. The van der Waals surface area contributed by atoms with Crippen LogP contribution in [0.4, 0.5) is 13.2 Å². The molecule has 2 rings (SSSR count). The molecule has 0 fully saturated rings. The van der Waals surface area contributed by atoms with Crippen LogP contribution in [0.1, 0.15) is 5.69 Å². The number of alkyl halides is 3. The first kappa shape index (κ1) is 13.1. The maximum Gasteiger partial charge on any atom is 0.433 e. The lowest BCUT2D eigenvalue weighted by atomic mass is 10.3. The number of ether oxygens (including phenoxy) is 1. The van der Waals surface area contributed by atoms with Gasteiger partial charge in [0.1, 0.15) is 17.2 Å². The van der Waals surface area contributed by atoms with Gasteiger partial charge in [0.25, 0.3) is 0 Å². The van der Waals surface area contributed by atoms with Crippen molar-refractivity contribution < 1.29 is 17.9 Å². The fourth-order valence-electron chi connectivity index (χ4n) is 1.27. The van der Waals surface area contributed by atoms with Crippen LogP contribution in [0.5, 0.6) is 11.5 Å². The van der Waals surface area contributed by atoms with Crippen LogP contribution < -0.4 is 4.74 Å². The molecule has 0 aliphatic rings. The lowest BCUT2D eigenvalue weighted by Gasteiger charge is -2.08. The number of hydrogen-bond donors (Lipinski definition) is 0. The Kier molecular flexibility index (Phi) is 3.74. The highest BCUT2D eigenvalue weighted by atomic mass is 127. The van der Waals surface area contributed by atoms with Crippen molar-refractivity contribution >= 4 is 22.6 Å². The van der Waals surface area contributed by atoms with E-state index in [0.29, 0.717) is 5.75 Å². The summed E-state index contributed by atoms with van der Waals surface area (Å²) in [5.41, 5.74) is -0.933. The number of halogens is 4. The second kappa shape index (κ2) is 5.13. The van der Waals surface area contributed by atoms with E-state index < -0.39 is 11.9 Å². The van der Waals surface area contributed by atoms with Gasteiger partial charge in [-0.3, -0.25) is 0 Å². The molecule has 2 aromatic rings. The van der Waals surface area contributed by atoms with Gasteiger partial charge in [-0.05, 0) is 52.9 Å². The van der Waals surface area contributed by atoms with Gasteiger partial charge in [0.05, 0.1) is 6.20 Å². The molecule has 0 N–H and O–H groups in total. The van der Waals surface area contributed by atoms with Crippen molar-refractivity contribution in [3.63, 3.8) is 0 Å². The summed E-state index contributed by atoms with van der Waals surface area (Å²) in [6.45, 7) is 0. The normalized spacial score (nSPS) is 11.3. The molecule has 0 radical (unpaired) electrons. The number of hydrogen-bond acceptors (Lipinski definition) is 2. The molecule has 0 atom stereocenters. The highest BCUT2D eigenvalue weighted by Gasteiger charge is 2.32. The largest absolute Gasteiger partial charge is 0.456 e. The van der Waals surface area contributed by atoms with Crippen molar-refractivity contribution in [3.8, 4) is 11.5 Å². The highest BCUT2D eigenvalue weighted by molar-refractivity contribution is 14.1. The van der Waals surface area contributed by atoms with E-state index in [9.17, 15) is 13.2 Å². The average Bonchev–Trinajstić information content (AvgIpc) is 2.28. The van der Waals surface area contributed by atoms with Gasteiger partial charge in [-0.2, -0.15) is 13.2 Å². The molecule has 0 saturated heterocycles. The highest BCUT2D eigenvalue weighted by Crippen LogP contribution is 2.29. The zero-order valence-corrected chi connectivity index (χ0v) is 11.1. The Hall–Kier alpha value is -1.31. The molecule has 6 heteroatoms. The predicted octanol–water partition coefficient (Wildman–Crippen LogP) is 4.50. The Bertz CT molecular complexity index is 540. The molecule has 0 saturated carbocycles. The van der Waals surface area contributed by atoms with Crippen LogP contribution in [0.3, 0.4) is 0 Å². The monoisotopic (exact) mass is 365 g/mol. The van der Waals surface area contributed by atoms with Gasteiger partial charge >= 0.3 is 6.18 Å². The Balaban J connectivity index is 2.16. The Morgan fingerprint density at radius 1 is 1.06 bits per heavy atom. The third kappa shape index (κ3) is 3.34. The van der Waals surface area contributed by atoms with Gasteiger partial charge in [0.15, 0.2) is 0 Å². The summed E-state index contributed by atoms with van der Waals surface area (Å²) >= 11 is 2.12. The van der Waals surface area contributed by atoms with Gasteiger partial charge in [-0.15, -0.1) is 0 Å². The molecule has 0 aliphatic heterocycles. The standard InChI is InChI=1S/C12H7F3INO/c13-12(14,15)11-5-4-10(7-17-11)18-9-3-1-2-8(16)6-9/h1-7H. The third-order valence-electron chi connectivity index (χ3n) is 2.06. The molecule has 94 valence electrons. The molecule has 1 aromatic heterocycles. The summed E-state index contributed by atoms with van der Waals surface area (Å²) in [6, 6.07) is 9.32.